The molecule has 1 aromatic rings. The molecule has 100 valence electrons. The van der Waals surface area contributed by atoms with Gasteiger partial charge in [-0.2, -0.15) is 0 Å². The van der Waals surface area contributed by atoms with Crippen LogP contribution in [0.2, 0.25) is 0 Å². The van der Waals surface area contributed by atoms with Crippen LogP contribution in [-0.2, 0) is 6.42 Å². The van der Waals surface area contributed by atoms with Crippen LogP contribution < -0.4 is 10.6 Å². The fourth-order valence-electron chi connectivity index (χ4n) is 2.50. The fourth-order valence-corrected chi connectivity index (χ4v) is 2.98. The average molecular weight is 311 g/mol. The molecule has 1 unspecified atom stereocenters. The minimum absolute atomic E-state index is 0.745. The monoisotopic (exact) mass is 310 g/mol. The van der Waals surface area contributed by atoms with E-state index in [2.05, 4.69) is 50.8 Å². The number of piperidine rings is 1. The Labute approximate surface area is 119 Å². The number of benzene rings is 1. The average Bonchev–Trinajstić information content (AvgIpc) is 2.42. The van der Waals surface area contributed by atoms with E-state index in [0.29, 0.717) is 0 Å². The molecule has 18 heavy (non-hydrogen) atoms. The van der Waals surface area contributed by atoms with Gasteiger partial charge in [0.05, 0.1) is 0 Å². The molecular weight excluding hydrogens is 288 g/mol. The first-order valence-corrected chi connectivity index (χ1v) is 7.83. The lowest BCUT2D eigenvalue weighted by atomic mass is 10.0. The minimum Gasteiger partial charge on any atom is -0.316 e. The van der Waals surface area contributed by atoms with Crippen molar-refractivity contribution in [3.8, 4) is 0 Å². The zero-order chi connectivity index (χ0) is 12.6. The lowest BCUT2D eigenvalue weighted by Gasteiger charge is -2.23. The normalized spacial score (nSPS) is 19.9. The van der Waals surface area contributed by atoms with Gasteiger partial charge in [-0.05, 0) is 56.9 Å². The van der Waals surface area contributed by atoms with E-state index in [-0.39, 0.29) is 0 Å². The first-order chi connectivity index (χ1) is 8.86. The van der Waals surface area contributed by atoms with Crippen LogP contribution in [0.4, 0.5) is 0 Å². The maximum absolute atomic E-state index is 3.59. The molecule has 2 rings (SSSR count). The van der Waals surface area contributed by atoms with Crippen LogP contribution in [0.25, 0.3) is 0 Å². The van der Waals surface area contributed by atoms with Crippen molar-refractivity contribution in [1.82, 2.24) is 10.6 Å². The summed E-state index contributed by atoms with van der Waals surface area (Å²) < 4.78 is 1.22. The molecule has 1 heterocycles. The third kappa shape index (κ3) is 4.71. The van der Waals surface area contributed by atoms with Crippen molar-refractivity contribution in [3.05, 3.63) is 34.3 Å². The molecule has 0 spiro atoms. The second-order valence-corrected chi connectivity index (χ2v) is 5.88. The predicted octanol–water partition coefficient (Wildman–Crippen LogP) is 3.11. The van der Waals surface area contributed by atoms with Gasteiger partial charge in [-0.3, -0.25) is 0 Å². The van der Waals surface area contributed by atoms with Gasteiger partial charge < -0.3 is 10.6 Å². The number of hydrogen-bond acceptors (Lipinski definition) is 2. The van der Waals surface area contributed by atoms with E-state index in [9.17, 15) is 0 Å². The van der Waals surface area contributed by atoms with Crippen LogP contribution in [0.5, 0.6) is 0 Å². The van der Waals surface area contributed by atoms with Gasteiger partial charge in [0.2, 0.25) is 0 Å². The van der Waals surface area contributed by atoms with E-state index in [1.165, 1.54) is 42.3 Å². The zero-order valence-electron chi connectivity index (χ0n) is 10.9. The summed E-state index contributed by atoms with van der Waals surface area (Å²) in [6.07, 6.45) is 6.46. The first-order valence-electron chi connectivity index (χ1n) is 7.04. The highest BCUT2D eigenvalue weighted by Gasteiger charge is 2.11. The van der Waals surface area contributed by atoms with Crippen molar-refractivity contribution in [2.45, 2.75) is 38.1 Å². The SMILES string of the molecule is Brc1ccccc1CCNCCC1CCCCN1. The standard InChI is InChI=1S/C15H23BrN2/c16-15-7-2-1-5-13(15)8-11-17-12-9-14-6-3-4-10-18-14/h1-2,5,7,14,17-18H,3-4,6,8-12H2. The molecule has 1 fully saturated rings. The van der Waals surface area contributed by atoms with Crippen LogP contribution in [-0.4, -0.2) is 25.7 Å². The molecule has 1 aliphatic rings. The Hall–Kier alpha value is -0.380. The van der Waals surface area contributed by atoms with Gasteiger partial charge in [0.25, 0.3) is 0 Å². The predicted molar refractivity (Wildman–Crippen MR) is 81.0 cm³/mol. The van der Waals surface area contributed by atoms with E-state index in [0.717, 1.165) is 25.6 Å². The van der Waals surface area contributed by atoms with Gasteiger partial charge in [-0.25, -0.2) is 0 Å². The molecule has 0 amide bonds. The Bertz CT molecular complexity index is 348. The van der Waals surface area contributed by atoms with E-state index >= 15 is 0 Å². The molecule has 1 aliphatic heterocycles. The molecule has 0 aliphatic carbocycles. The summed E-state index contributed by atoms with van der Waals surface area (Å²) in [5.41, 5.74) is 1.39. The summed E-state index contributed by atoms with van der Waals surface area (Å²) in [6, 6.07) is 9.21. The Balaban J connectivity index is 1.57. The van der Waals surface area contributed by atoms with E-state index < -0.39 is 0 Å². The highest BCUT2D eigenvalue weighted by atomic mass is 79.9. The van der Waals surface area contributed by atoms with Gasteiger partial charge in [0, 0.05) is 10.5 Å². The van der Waals surface area contributed by atoms with Gasteiger partial charge in [-0.1, -0.05) is 40.5 Å². The number of hydrogen-bond donors (Lipinski definition) is 2. The van der Waals surface area contributed by atoms with Crippen LogP contribution in [0.3, 0.4) is 0 Å². The molecule has 0 aromatic heterocycles. The smallest absolute Gasteiger partial charge is 0.0207 e. The van der Waals surface area contributed by atoms with Gasteiger partial charge in [0.1, 0.15) is 0 Å². The maximum atomic E-state index is 3.59. The lowest BCUT2D eigenvalue weighted by Crippen LogP contribution is -2.36. The van der Waals surface area contributed by atoms with Crippen molar-refractivity contribution in [1.29, 1.82) is 0 Å². The highest BCUT2D eigenvalue weighted by Crippen LogP contribution is 2.15. The molecular formula is C15H23BrN2. The second kappa shape index (κ2) is 7.93. The summed E-state index contributed by atoms with van der Waals surface area (Å²) in [5, 5.41) is 7.14. The van der Waals surface area contributed by atoms with Crippen molar-refractivity contribution in [3.63, 3.8) is 0 Å². The van der Waals surface area contributed by atoms with Crippen LogP contribution in [0.15, 0.2) is 28.7 Å². The Morgan fingerprint density at radius 1 is 1.22 bits per heavy atom. The highest BCUT2D eigenvalue weighted by molar-refractivity contribution is 9.10. The van der Waals surface area contributed by atoms with Crippen molar-refractivity contribution in [2.75, 3.05) is 19.6 Å². The van der Waals surface area contributed by atoms with Gasteiger partial charge in [-0.15, -0.1) is 0 Å². The minimum atomic E-state index is 0.745. The molecule has 0 radical (unpaired) electrons. The first kappa shape index (κ1) is 14.0. The Morgan fingerprint density at radius 2 is 2.11 bits per heavy atom. The number of rotatable bonds is 6. The molecule has 2 N–H and O–H groups in total. The van der Waals surface area contributed by atoms with Crippen LogP contribution >= 0.6 is 15.9 Å². The molecule has 0 saturated carbocycles. The largest absolute Gasteiger partial charge is 0.316 e. The molecule has 0 bridgehead atoms. The van der Waals surface area contributed by atoms with Crippen molar-refractivity contribution in [2.24, 2.45) is 0 Å². The third-order valence-corrected chi connectivity index (χ3v) is 4.38. The summed E-state index contributed by atoms with van der Waals surface area (Å²) in [5.74, 6) is 0. The quantitative estimate of drug-likeness (QED) is 0.789. The topological polar surface area (TPSA) is 24.1 Å². The Morgan fingerprint density at radius 3 is 2.89 bits per heavy atom. The number of nitrogens with one attached hydrogen (secondary N) is 2. The van der Waals surface area contributed by atoms with E-state index in [1.807, 2.05) is 0 Å². The molecule has 2 nitrogen and oxygen atoms in total. The third-order valence-electron chi connectivity index (χ3n) is 3.61. The van der Waals surface area contributed by atoms with E-state index in [4.69, 9.17) is 0 Å². The summed E-state index contributed by atoms with van der Waals surface area (Å²) >= 11 is 3.59. The maximum Gasteiger partial charge on any atom is 0.0207 e. The number of halogens is 1. The summed E-state index contributed by atoms with van der Waals surface area (Å²) in [7, 11) is 0. The van der Waals surface area contributed by atoms with Crippen molar-refractivity contribution >= 4 is 15.9 Å². The zero-order valence-corrected chi connectivity index (χ0v) is 12.5. The second-order valence-electron chi connectivity index (χ2n) is 5.03. The summed E-state index contributed by atoms with van der Waals surface area (Å²) in [6.45, 7) is 3.40. The molecule has 1 atom stereocenters. The van der Waals surface area contributed by atoms with Crippen LogP contribution in [0.1, 0.15) is 31.2 Å². The van der Waals surface area contributed by atoms with Gasteiger partial charge >= 0.3 is 0 Å². The fraction of sp³-hybridized carbons (Fsp3) is 0.600. The summed E-state index contributed by atoms with van der Waals surface area (Å²) in [4.78, 5) is 0. The molecule has 1 aromatic carbocycles. The molecule has 1 saturated heterocycles. The van der Waals surface area contributed by atoms with Crippen LogP contribution in [0, 0.1) is 0 Å². The Kier molecular flexibility index (Phi) is 6.18. The van der Waals surface area contributed by atoms with Gasteiger partial charge in [0.15, 0.2) is 0 Å². The van der Waals surface area contributed by atoms with E-state index in [1.54, 1.807) is 0 Å². The lowest BCUT2D eigenvalue weighted by molar-refractivity contribution is 0.377. The molecule has 3 heteroatoms. The van der Waals surface area contributed by atoms with Crippen molar-refractivity contribution < 1.29 is 0 Å².